The van der Waals surface area contributed by atoms with Gasteiger partial charge in [-0.15, -0.1) is 0 Å². The third-order valence-corrected chi connectivity index (χ3v) is 8.54. The van der Waals surface area contributed by atoms with E-state index in [9.17, 15) is 13.0 Å². The number of allylic oxidation sites excluding steroid dienone is 3. The maximum atomic E-state index is 10.4. The molecule has 0 saturated carbocycles. The van der Waals surface area contributed by atoms with Crippen LogP contribution in [0.3, 0.4) is 0 Å². The number of anilines is 2. The van der Waals surface area contributed by atoms with Crippen molar-refractivity contribution < 1.29 is 17.5 Å². The molecule has 0 fully saturated rings. The van der Waals surface area contributed by atoms with E-state index in [4.69, 9.17) is 0 Å². The molecule has 42 heavy (non-hydrogen) atoms. The van der Waals surface area contributed by atoms with E-state index >= 15 is 0 Å². The lowest BCUT2D eigenvalue weighted by Gasteiger charge is -2.17. The summed E-state index contributed by atoms with van der Waals surface area (Å²) in [5, 5.41) is 3.40. The van der Waals surface area contributed by atoms with Crippen molar-refractivity contribution in [2.45, 2.75) is 39.1 Å². The van der Waals surface area contributed by atoms with Crippen LogP contribution in [0.1, 0.15) is 36.9 Å². The highest BCUT2D eigenvalue weighted by molar-refractivity contribution is 7.85. The van der Waals surface area contributed by atoms with Gasteiger partial charge in [-0.05, 0) is 75.7 Å². The molecule has 0 radical (unpaired) electrons. The van der Waals surface area contributed by atoms with Gasteiger partial charge in [0.05, 0.1) is 21.7 Å². The zero-order valence-corrected chi connectivity index (χ0v) is 26.4. The zero-order chi connectivity index (χ0) is 30.4. The molecule has 9 heteroatoms. The molecular weight excluding hydrogens is 565 g/mol. The van der Waals surface area contributed by atoms with Gasteiger partial charge in [-0.25, -0.2) is 13.4 Å². The van der Waals surface area contributed by atoms with E-state index in [1.54, 1.807) is 23.5 Å². The fourth-order valence-electron chi connectivity index (χ4n) is 4.66. The first-order valence-electron chi connectivity index (χ1n) is 13.6. The van der Waals surface area contributed by atoms with Crippen molar-refractivity contribution in [3.05, 3.63) is 112 Å². The maximum absolute atomic E-state index is 10.4. The minimum Gasteiger partial charge on any atom is -0.744 e. The van der Waals surface area contributed by atoms with Crippen LogP contribution < -0.4 is 14.4 Å². The molecular formula is C33H36N4O3S2. The molecule has 1 aliphatic rings. The van der Waals surface area contributed by atoms with E-state index in [2.05, 4.69) is 108 Å². The van der Waals surface area contributed by atoms with Crippen LogP contribution in [0, 0.1) is 6.92 Å². The minimum atomic E-state index is -4.27. The fraction of sp³-hybridized carbons (Fsp3) is 0.212. The monoisotopic (exact) mass is 600 g/mol. The van der Waals surface area contributed by atoms with Crippen molar-refractivity contribution in [2.75, 3.05) is 23.9 Å². The first kappa shape index (κ1) is 30.9. The Morgan fingerprint density at radius 2 is 1.74 bits per heavy atom. The number of thiazole rings is 1. The third kappa shape index (κ3) is 7.23. The molecule has 0 spiro atoms. The molecule has 2 aromatic heterocycles. The van der Waals surface area contributed by atoms with Gasteiger partial charge in [-0.1, -0.05) is 58.9 Å². The van der Waals surface area contributed by atoms with E-state index < -0.39 is 10.1 Å². The number of nitrogens with zero attached hydrogens (tertiary/aromatic N) is 4. The molecule has 0 amide bonds. The lowest BCUT2D eigenvalue weighted by atomic mass is 10.1. The summed E-state index contributed by atoms with van der Waals surface area (Å²) in [6, 6.07) is 18.5. The number of hydrogen-bond acceptors (Lipinski definition) is 7. The Bertz CT molecular complexity index is 1740. The highest BCUT2D eigenvalue weighted by Gasteiger charge is 2.25. The van der Waals surface area contributed by atoms with Gasteiger partial charge >= 0.3 is 0 Å². The summed E-state index contributed by atoms with van der Waals surface area (Å²) >= 11 is 1.75. The number of benzene rings is 2. The predicted molar refractivity (Wildman–Crippen MR) is 172 cm³/mol. The van der Waals surface area contributed by atoms with Crippen LogP contribution >= 0.6 is 11.3 Å². The molecule has 5 rings (SSSR count). The highest BCUT2D eigenvalue weighted by Crippen LogP contribution is 2.40. The molecule has 2 aromatic carbocycles. The third-order valence-electron chi connectivity index (χ3n) is 6.75. The van der Waals surface area contributed by atoms with Gasteiger partial charge in [0.15, 0.2) is 0 Å². The molecule has 0 unspecified atom stereocenters. The van der Waals surface area contributed by atoms with Gasteiger partial charge < -0.3 is 14.4 Å². The Kier molecular flexibility index (Phi) is 9.78. The van der Waals surface area contributed by atoms with Gasteiger partial charge in [0, 0.05) is 26.4 Å². The van der Waals surface area contributed by atoms with E-state index in [0.29, 0.717) is 0 Å². The van der Waals surface area contributed by atoms with Gasteiger partial charge in [-0.2, -0.15) is 4.57 Å². The van der Waals surface area contributed by atoms with E-state index in [1.807, 2.05) is 25.3 Å². The molecule has 0 N–H and O–H groups in total. The van der Waals surface area contributed by atoms with Crippen LogP contribution in [-0.2, 0) is 16.7 Å². The van der Waals surface area contributed by atoms with Crippen LogP contribution in [0.15, 0.2) is 101 Å². The van der Waals surface area contributed by atoms with Crippen molar-refractivity contribution in [2.24, 2.45) is 0 Å². The van der Waals surface area contributed by atoms with Crippen LogP contribution in [0.2, 0.25) is 0 Å². The summed E-state index contributed by atoms with van der Waals surface area (Å²) in [6.45, 7) is 9.16. The van der Waals surface area contributed by atoms with Gasteiger partial charge in [-0.3, -0.25) is 0 Å². The SMILES string of the molecule is CC[n+]1c(-c2ccccn2)csc1/C=C/C=C1\N(C)c2ccc(C=C(C)C)cc2N1C.Cc1ccc(S(=O)(=O)[O-])cc1. The summed E-state index contributed by atoms with van der Waals surface area (Å²) < 4.78 is 33.5. The first-order valence-corrected chi connectivity index (χ1v) is 15.9. The standard InChI is InChI=1S/C26H29N4S.C7H8O3S/c1-6-30-24(21-10-7-8-15-27-21)18-31-26(30)12-9-11-25-28(4)22-14-13-20(16-19(2)3)17-23(22)29(25)5;1-6-2-4-7(5-3-6)11(8,9)10/h7-18H,6H2,1-5H3;2-5H,1H3,(H,8,9,10)/q+1;/p-1. The smallest absolute Gasteiger partial charge is 0.262 e. The lowest BCUT2D eigenvalue weighted by Crippen LogP contribution is -2.35. The van der Waals surface area contributed by atoms with Gasteiger partial charge in [0.2, 0.25) is 5.69 Å². The second-order valence-corrected chi connectivity index (χ2v) is 12.4. The Labute approximate surface area is 253 Å². The Hall–Kier alpha value is -4.05. The number of aromatic nitrogens is 2. The minimum absolute atomic E-state index is 0.178. The molecule has 7 nitrogen and oxygen atoms in total. The van der Waals surface area contributed by atoms with Crippen molar-refractivity contribution in [3.63, 3.8) is 0 Å². The van der Waals surface area contributed by atoms with Crippen molar-refractivity contribution in [3.8, 4) is 11.4 Å². The Morgan fingerprint density at radius 3 is 2.36 bits per heavy atom. The summed E-state index contributed by atoms with van der Waals surface area (Å²) in [4.78, 5) is 8.83. The fourth-order valence-corrected chi connectivity index (χ4v) is 6.12. The molecule has 1 aliphatic heterocycles. The number of pyridine rings is 1. The van der Waals surface area contributed by atoms with Crippen LogP contribution in [0.4, 0.5) is 11.4 Å². The molecule has 3 heterocycles. The largest absolute Gasteiger partial charge is 0.744 e. The molecule has 0 bridgehead atoms. The van der Waals surface area contributed by atoms with E-state index in [1.165, 1.54) is 39.7 Å². The normalized spacial score (nSPS) is 13.7. The second kappa shape index (κ2) is 13.3. The summed E-state index contributed by atoms with van der Waals surface area (Å²) in [5.41, 5.74) is 8.10. The topological polar surface area (TPSA) is 80.5 Å². The molecule has 0 saturated heterocycles. The average molecular weight is 601 g/mol. The van der Waals surface area contributed by atoms with Crippen molar-refractivity contribution >= 4 is 45.0 Å². The number of rotatable bonds is 6. The summed E-state index contributed by atoms with van der Waals surface area (Å²) in [5.74, 6) is 1.16. The predicted octanol–water partition coefficient (Wildman–Crippen LogP) is 6.88. The van der Waals surface area contributed by atoms with E-state index in [0.717, 1.165) is 29.3 Å². The molecule has 0 atom stereocenters. The number of aryl methyl sites for hydroxylation is 1. The average Bonchev–Trinajstić information content (AvgIpc) is 3.47. The lowest BCUT2D eigenvalue weighted by molar-refractivity contribution is -0.679. The number of hydrogen-bond donors (Lipinski definition) is 0. The van der Waals surface area contributed by atoms with Crippen LogP contribution in [0.5, 0.6) is 0 Å². The van der Waals surface area contributed by atoms with Crippen LogP contribution in [-0.4, -0.2) is 32.0 Å². The Morgan fingerprint density at radius 1 is 1.02 bits per heavy atom. The van der Waals surface area contributed by atoms with Gasteiger partial charge in [0.25, 0.3) is 5.01 Å². The number of fused-ring (bicyclic) bond motifs is 1. The highest BCUT2D eigenvalue weighted by atomic mass is 32.2. The second-order valence-electron chi connectivity index (χ2n) is 10.2. The summed E-state index contributed by atoms with van der Waals surface area (Å²) in [7, 11) is -0.0156. The first-order chi connectivity index (χ1) is 20.0. The molecule has 0 aliphatic carbocycles. The van der Waals surface area contributed by atoms with Crippen molar-refractivity contribution in [1.82, 2.24) is 4.98 Å². The quantitative estimate of drug-likeness (QED) is 0.177. The maximum Gasteiger partial charge on any atom is 0.262 e. The van der Waals surface area contributed by atoms with Crippen molar-refractivity contribution in [1.29, 1.82) is 0 Å². The summed E-state index contributed by atoms with van der Waals surface area (Å²) in [6.07, 6.45) is 10.6. The Balaban J connectivity index is 0.000000310. The van der Waals surface area contributed by atoms with E-state index in [-0.39, 0.29) is 4.90 Å². The van der Waals surface area contributed by atoms with Gasteiger partial charge in [0.1, 0.15) is 28.2 Å². The zero-order valence-electron chi connectivity index (χ0n) is 24.8. The van der Waals surface area contributed by atoms with Crippen LogP contribution in [0.25, 0.3) is 23.5 Å². The molecule has 4 aromatic rings. The molecule has 218 valence electrons.